The van der Waals surface area contributed by atoms with E-state index in [2.05, 4.69) is 32.0 Å². The summed E-state index contributed by atoms with van der Waals surface area (Å²) >= 11 is 0. The van der Waals surface area contributed by atoms with Gasteiger partial charge >= 0.3 is 10.6 Å². The summed E-state index contributed by atoms with van der Waals surface area (Å²) in [7, 11) is 1.47. The van der Waals surface area contributed by atoms with Crippen molar-refractivity contribution in [1.29, 1.82) is 0 Å². The summed E-state index contributed by atoms with van der Waals surface area (Å²) in [6, 6.07) is 6.34. The highest BCUT2D eigenvalue weighted by molar-refractivity contribution is 5.96. The van der Waals surface area contributed by atoms with Crippen molar-refractivity contribution in [2.75, 3.05) is 6.67 Å². The van der Waals surface area contributed by atoms with Crippen LogP contribution in [0.15, 0.2) is 18.2 Å². The van der Waals surface area contributed by atoms with Gasteiger partial charge in [-0.05, 0) is 37.8 Å². The standard InChI is InChI=1S/C11H15F.FSi/c1-9-5-6-10(2)11(8-9)4-3-7-12;1-2/h5-6,8H,3-4,7H2,1-2H3;. The summed E-state index contributed by atoms with van der Waals surface area (Å²) in [5.74, 6) is 0. The highest BCUT2D eigenvalue weighted by Crippen LogP contribution is 2.12. The summed E-state index contributed by atoms with van der Waals surface area (Å²) < 4.78 is 21.2. The Balaban J connectivity index is 0.000000791. The molecule has 0 aliphatic carbocycles. The zero-order valence-corrected chi connectivity index (χ0v) is 9.61. The van der Waals surface area contributed by atoms with Gasteiger partial charge in [0.2, 0.25) is 0 Å². The number of halogens is 2. The van der Waals surface area contributed by atoms with E-state index >= 15 is 0 Å². The number of rotatable bonds is 3. The van der Waals surface area contributed by atoms with E-state index in [1.54, 1.807) is 0 Å². The maximum Gasteiger partial charge on any atom is 0.316 e. The molecule has 1 aromatic carbocycles. The molecule has 14 heavy (non-hydrogen) atoms. The second-order valence-corrected chi connectivity index (χ2v) is 3.22. The molecule has 0 atom stereocenters. The van der Waals surface area contributed by atoms with Crippen LogP contribution in [0.3, 0.4) is 0 Å². The molecular weight excluding hydrogens is 198 g/mol. The largest absolute Gasteiger partial charge is 0.316 e. The summed E-state index contributed by atoms with van der Waals surface area (Å²) in [5, 5.41) is 0. The predicted octanol–water partition coefficient (Wildman–Crippen LogP) is 3.24. The van der Waals surface area contributed by atoms with Crippen LogP contribution in [-0.4, -0.2) is 17.3 Å². The van der Waals surface area contributed by atoms with Crippen molar-refractivity contribution < 1.29 is 8.50 Å². The van der Waals surface area contributed by atoms with Crippen LogP contribution in [0.25, 0.3) is 0 Å². The Hall–Kier alpha value is -0.703. The second-order valence-electron chi connectivity index (χ2n) is 3.22. The van der Waals surface area contributed by atoms with Crippen molar-refractivity contribution in [3.63, 3.8) is 0 Å². The zero-order chi connectivity index (χ0) is 11.0. The third kappa shape index (κ3) is 4.51. The molecule has 0 N–H and O–H groups in total. The van der Waals surface area contributed by atoms with Crippen molar-refractivity contribution >= 4 is 10.6 Å². The molecule has 0 nitrogen and oxygen atoms in total. The van der Waals surface area contributed by atoms with Crippen LogP contribution in [0.4, 0.5) is 8.50 Å². The lowest BCUT2D eigenvalue weighted by atomic mass is 10.0. The molecule has 0 unspecified atom stereocenters. The maximum absolute atomic E-state index is 11.9. The molecule has 0 saturated heterocycles. The van der Waals surface area contributed by atoms with Gasteiger partial charge in [0.1, 0.15) is 0 Å². The van der Waals surface area contributed by atoms with Crippen LogP contribution in [0.1, 0.15) is 23.1 Å². The molecule has 0 aromatic heterocycles. The van der Waals surface area contributed by atoms with Gasteiger partial charge in [-0.15, -0.1) is 0 Å². The molecule has 1 rings (SSSR count). The molecule has 1 aromatic rings. The van der Waals surface area contributed by atoms with Gasteiger partial charge in [0.25, 0.3) is 0 Å². The average Bonchev–Trinajstić information content (AvgIpc) is 2.22. The Kier molecular flexibility index (Phi) is 7.29. The molecule has 0 bridgehead atoms. The molecule has 0 fully saturated rings. The quantitative estimate of drug-likeness (QED) is 0.534. The van der Waals surface area contributed by atoms with Gasteiger partial charge in [-0.3, -0.25) is 4.39 Å². The van der Waals surface area contributed by atoms with E-state index in [0.29, 0.717) is 6.42 Å². The van der Waals surface area contributed by atoms with E-state index in [1.165, 1.54) is 27.3 Å². The number of aryl methyl sites for hydroxylation is 3. The number of benzene rings is 1. The summed E-state index contributed by atoms with van der Waals surface area (Å²) in [5.41, 5.74) is 3.82. The van der Waals surface area contributed by atoms with Crippen molar-refractivity contribution in [2.45, 2.75) is 26.7 Å². The Morgan fingerprint density at radius 3 is 2.43 bits per heavy atom. The van der Waals surface area contributed by atoms with E-state index < -0.39 is 0 Å². The fourth-order valence-electron chi connectivity index (χ4n) is 1.33. The van der Waals surface area contributed by atoms with E-state index in [0.717, 1.165) is 6.42 Å². The van der Waals surface area contributed by atoms with E-state index in [9.17, 15) is 8.50 Å². The van der Waals surface area contributed by atoms with Crippen LogP contribution < -0.4 is 0 Å². The first kappa shape index (κ1) is 13.3. The van der Waals surface area contributed by atoms with Crippen LogP contribution in [0.2, 0.25) is 0 Å². The molecule has 0 saturated carbocycles. The lowest BCUT2D eigenvalue weighted by Crippen LogP contribution is -1.91. The first-order chi connectivity index (χ1) is 6.74. The van der Waals surface area contributed by atoms with Gasteiger partial charge in [-0.1, -0.05) is 23.8 Å². The molecule has 3 heteroatoms. The molecule has 0 heterocycles. The molecule has 0 aliphatic rings. The Bertz CT molecular complexity index is 261. The lowest BCUT2D eigenvalue weighted by Gasteiger charge is -2.04. The second kappa shape index (κ2) is 7.68. The fourth-order valence-corrected chi connectivity index (χ4v) is 1.33. The summed E-state index contributed by atoms with van der Waals surface area (Å²) in [6.07, 6.45) is 1.51. The number of alkyl halides is 1. The smallest absolute Gasteiger partial charge is 0.316 e. The van der Waals surface area contributed by atoms with Crippen LogP contribution in [0, 0.1) is 13.8 Å². The Morgan fingerprint density at radius 1 is 1.21 bits per heavy atom. The van der Waals surface area contributed by atoms with Crippen molar-refractivity contribution in [3.05, 3.63) is 34.9 Å². The molecule has 0 amide bonds. The molecule has 0 aliphatic heterocycles. The fraction of sp³-hybridized carbons (Fsp3) is 0.455. The van der Waals surface area contributed by atoms with E-state index in [1.807, 2.05) is 0 Å². The first-order valence-corrected chi connectivity index (χ1v) is 4.93. The van der Waals surface area contributed by atoms with Gasteiger partial charge in [0, 0.05) is 0 Å². The van der Waals surface area contributed by atoms with Crippen molar-refractivity contribution in [1.82, 2.24) is 0 Å². The third-order valence-corrected chi connectivity index (χ3v) is 2.08. The van der Waals surface area contributed by atoms with Gasteiger partial charge in [-0.25, -0.2) is 0 Å². The SMILES string of the molecule is Cc1ccc(C)c(CCCF)c1.F[Si]. The predicted molar refractivity (Wildman–Crippen MR) is 57.1 cm³/mol. The van der Waals surface area contributed by atoms with Gasteiger partial charge in [-0.2, -0.15) is 0 Å². The van der Waals surface area contributed by atoms with Gasteiger partial charge in [0.15, 0.2) is 0 Å². The highest BCUT2D eigenvalue weighted by Gasteiger charge is 1.97. The Morgan fingerprint density at radius 2 is 1.86 bits per heavy atom. The number of hydrogen-bond acceptors (Lipinski definition) is 0. The van der Waals surface area contributed by atoms with Crippen molar-refractivity contribution in [2.24, 2.45) is 0 Å². The molecule has 0 spiro atoms. The summed E-state index contributed by atoms with van der Waals surface area (Å²) in [4.78, 5) is 0. The third-order valence-electron chi connectivity index (χ3n) is 2.08. The lowest BCUT2D eigenvalue weighted by molar-refractivity contribution is 0.472. The minimum absolute atomic E-state index is 0.215. The summed E-state index contributed by atoms with van der Waals surface area (Å²) in [6.45, 7) is 3.93. The molecular formula is C11H15F2Si. The van der Waals surface area contributed by atoms with Gasteiger partial charge in [0.05, 0.1) is 6.67 Å². The van der Waals surface area contributed by atoms with Gasteiger partial charge < -0.3 is 4.11 Å². The molecule has 3 radical (unpaired) electrons. The topological polar surface area (TPSA) is 0 Å². The zero-order valence-electron chi connectivity index (χ0n) is 8.61. The number of hydrogen-bond donors (Lipinski definition) is 0. The Labute approximate surface area is 87.9 Å². The van der Waals surface area contributed by atoms with Crippen LogP contribution in [0.5, 0.6) is 0 Å². The van der Waals surface area contributed by atoms with Crippen LogP contribution >= 0.6 is 0 Å². The minimum atomic E-state index is -0.215. The average molecular weight is 213 g/mol. The molecule has 77 valence electrons. The van der Waals surface area contributed by atoms with E-state index in [-0.39, 0.29) is 6.67 Å². The van der Waals surface area contributed by atoms with Crippen molar-refractivity contribution in [3.8, 4) is 0 Å². The monoisotopic (exact) mass is 213 g/mol. The first-order valence-electron chi connectivity index (χ1n) is 4.55. The minimum Gasteiger partial charge on any atom is -0.316 e. The van der Waals surface area contributed by atoms with E-state index in [4.69, 9.17) is 0 Å². The highest BCUT2D eigenvalue weighted by atomic mass is 28.2. The normalized spacial score (nSPS) is 9.21. The van der Waals surface area contributed by atoms with Crippen LogP contribution in [-0.2, 0) is 6.42 Å². The maximum atomic E-state index is 11.9.